The first kappa shape index (κ1) is 13.9. The Balaban J connectivity index is 3.30. The summed E-state index contributed by atoms with van der Waals surface area (Å²) in [5, 5.41) is 2.73. The third-order valence-electron chi connectivity index (χ3n) is 2.01. The summed E-state index contributed by atoms with van der Waals surface area (Å²) in [5.74, 6) is 0.0170. The summed E-state index contributed by atoms with van der Waals surface area (Å²) >= 11 is 0. The van der Waals surface area contributed by atoms with Crippen LogP contribution in [0.2, 0.25) is 0 Å². The normalized spacial score (nSPS) is 11.3. The molecule has 0 bridgehead atoms. The van der Waals surface area contributed by atoms with Crippen LogP contribution >= 0.6 is 0 Å². The van der Waals surface area contributed by atoms with Crippen molar-refractivity contribution in [3.05, 3.63) is 24.3 Å². The highest BCUT2D eigenvalue weighted by atomic mass is 16.1. The molecule has 0 saturated heterocycles. The lowest BCUT2D eigenvalue weighted by molar-refractivity contribution is -0.116. The fourth-order valence-corrected chi connectivity index (χ4v) is 1.23. The fraction of sp³-hybridized carbons (Fsp3) is 0.615. The van der Waals surface area contributed by atoms with Crippen molar-refractivity contribution in [2.24, 2.45) is 0 Å². The number of nitrogens with one attached hydrogen (secondary N) is 1. The zero-order chi connectivity index (χ0) is 11.4. The maximum atomic E-state index is 11.0. The lowest BCUT2D eigenvalue weighted by Gasteiger charge is -1.95. The summed E-state index contributed by atoms with van der Waals surface area (Å²) in [6.45, 7) is 4.77. The SMILES string of the molecule is CCC=CCCCCC=CC(=O)NCC. The van der Waals surface area contributed by atoms with Crippen LogP contribution in [0.5, 0.6) is 0 Å². The molecule has 15 heavy (non-hydrogen) atoms. The van der Waals surface area contributed by atoms with E-state index in [9.17, 15) is 4.79 Å². The molecule has 0 atom stereocenters. The molecule has 0 aromatic rings. The summed E-state index contributed by atoms with van der Waals surface area (Å²) in [5.41, 5.74) is 0. The summed E-state index contributed by atoms with van der Waals surface area (Å²) in [4.78, 5) is 11.0. The van der Waals surface area contributed by atoms with Gasteiger partial charge in [0, 0.05) is 6.54 Å². The van der Waals surface area contributed by atoms with E-state index in [0.29, 0.717) is 6.54 Å². The Morgan fingerprint density at radius 1 is 1.07 bits per heavy atom. The monoisotopic (exact) mass is 209 g/mol. The van der Waals surface area contributed by atoms with Crippen LogP contribution in [-0.2, 0) is 4.79 Å². The van der Waals surface area contributed by atoms with Gasteiger partial charge in [0.05, 0.1) is 0 Å². The first-order valence-electron chi connectivity index (χ1n) is 5.90. The van der Waals surface area contributed by atoms with E-state index in [4.69, 9.17) is 0 Å². The molecule has 0 radical (unpaired) electrons. The highest BCUT2D eigenvalue weighted by Gasteiger charge is 1.89. The average Bonchev–Trinajstić information content (AvgIpc) is 2.22. The van der Waals surface area contributed by atoms with Crippen molar-refractivity contribution in [2.45, 2.75) is 46.0 Å². The van der Waals surface area contributed by atoms with Gasteiger partial charge in [0.15, 0.2) is 0 Å². The van der Waals surface area contributed by atoms with Crippen molar-refractivity contribution in [3.63, 3.8) is 0 Å². The Hall–Kier alpha value is -1.05. The van der Waals surface area contributed by atoms with E-state index in [1.807, 2.05) is 13.0 Å². The molecule has 0 fully saturated rings. The molecule has 0 unspecified atom stereocenters. The lowest BCUT2D eigenvalue weighted by Crippen LogP contribution is -2.19. The average molecular weight is 209 g/mol. The molecule has 0 heterocycles. The molecule has 1 amide bonds. The quantitative estimate of drug-likeness (QED) is 0.371. The van der Waals surface area contributed by atoms with Crippen molar-refractivity contribution in [1.29, 1.82) is 0 Å². The predicted octanol–water partition coefficient (Wildman–Crippen LogP) is 3.21. The summed E-state index contributed by atoms with van der Waals surface area (Å²) in [6, 6.07) is 0. The van der Waals surface area contributed by atoms with Crippen LogP contribution in [0.3, 0.4) is 0 Å². The molecule has 0 aliphatic rings. The Kier molecular flexibility index (Phi) is 10.3. The minimum Gasteiger partial charge on any atom is -0.353 e. The molecular weight excluding hydrogens is 186 g/mol. The lowest BCUT2D eigenvalue weighted by atomic mass is 10.1. The Morgan fingerprint density at radius 3 is 2.33 bits per heavy atom. The van der Waals surface area contributed by atoms with E-state index in [-0.39, 0.29) is 5.91 Å². The standard InChI is InChI=1S/C13H23NO/c1-3-5-6-7-8-9-10-11-12-13(15)14-4-2/h5-6,11-12H,3-4,7-10H2,1-2H3,(H,14,15). The van der Waals surface area contributed by atoms with E-state index in [0.717, 1.165) is 25.7 Å². The van der Waals surface area contributed by atoms with E-state index >= 15 is 0 Å². The minimum atomic E-state index is 0.0170. The number of carbonyl (C=O) groups excluding carboxylic acids is 1. The second kappa shape index (κ2) is 11.0. The van der Waals surface area contributed by atoms with Gasteiger partial charge in [-0.1, -0.05) is 25.2 Å². The number of rotatable bonds is 8. The van der Waals surface area contributed by atoms with Crippen LogP contribution in [0.1, 0.15) is 46.0 Å². The van der Waals surface area contributed by atoms with Crippen LogP contribution in [0, 0.1) is 0 Å². The van der Waals surface area contributed by atoms with Crippen LogP contribution in [0.4, 0.5) is 0 Å². The van der Waals surface area contributed by atoms with E-state index in [2.05, 4.69) is 24.4 Å². The summed E-state index contributed by atoms with van der Waals surface area (Å²) in [7, 11) is 0. The Labute approximate surface area is 93.5 Å². The van der Waals surface area contributed by atoms with Gasteiger partial charge in [-0.15, -0.1) is 0 Å². The molecule has 2 nitrogen and oxygen atoms in total. The highest BCUT2D eigenvalue weighted by Crippen LogP contribution is 2.01. The van der Waals surface area contributed by atoms with Gasteiger partial charge < -0.3 is 5.32 Å². The molecule has 0 aliphatic heterocycles. The number of likely N-dealkylation sites (N-methyl/N-ethyl adjacent to an activating group) is 1. The van der Waals surface area contributed by atoms with Crippen LogP contribution in [0.25, 0.3) is 0 Å². The second-order valence-corrected chi connectivity index (χ2v) is 3.46. The zero-order valence-corrected chi connectivity index (χ0v) is 9.96. The third kappa shape index (κ3) is 10.9. The van der Waals surface area contributed by atoms with Gasteiger partial charge >= 0.3 is 0 Å². The molecule has 86 valence electrons. The third-order valence-corrected chi connectivity index (χ3v) is 2.01. The van der Waals surface area contributed by atoms with Gasteiger partial charge in [0.1, 0.15) is 0 Å². The maximum Gasteiger partial charge on any atom is 0.243 e. The zero-order valence-electron chi connectivity index (χ0n) is 9.96. The molecule has 0 aromatic carbocycles. The van der Waals surface area contributed by atoms with Crippen molar-refractivity contribution in [2.75, 3.05) is 6.54 Å². The number of amides is 1. The maximum absolute atomic E-state index is 11.0. The predicted molar refractivity (Wildman–Crippen MR) is 65.7 cm³/mol. The molecule has 0 aromatic heterocycles. The molecule has 0 saturated carbocycles. The van der Waals surface area contributed by atoms with Crippen molar-refractivity contribution in [1.82, 2.24) is 5.32 Å². The molecule has 2 heteroatoms. The topological polar surface area (TPSA) is 29.1 Å². The highest BCUT2D eigenvalue weighted by molar-refractivity contribution is 5.87. The van der Waals surface area contributed by atoms with Crippen molar-refractivity contribution < 1.29 is 4.79 Å². The van der Waals surface area contributed by atoms with Crippen LogP contribution in [0.15, 0.2) is 24.3 Å². The van der Waals surface area contributed by atoms with Gasteiger partial charge in [-0.25, -0.2) is 0 Å². The second-order valence-electron chi connectivity index (χ2n) is 3.46. The number of hydrogen-bond acceptors (Lipinski definition) is 1. The fourth-order valence-electron chi connectivity index (χ4n) is 1.23. The largest absolute Gasteiger partial charge is 0.353 e. The Morgan fingerprint density at radius 2 is 1.73 bits per heavy atom. The molecule has 1 N–H and O–H groups in total. The minimum absolute atomic E-state index is 0.0170. The van der Waals surface area contributed by atoms with Crippen LogP contribution < -0.4 is 5.32 Å². The number of carbonyl (C=O) groups is 1. The van der Waals surface area contributed by atoms with Gasteiger partial charge in [-0.3, -0.25) is 4.79 Å². The van der Waals surface area contributed by atoms with Crippen LogP contribution in [-0.4, -0.2) is 12.5 Å². The van der Waals surface area contributed by atoms with Gasteiger partial charge in [0.25, 0.3) is 0 Å². The first-order chi connectivity index (χ1) is 7.31. The molecule has 0 aliphatic carbocycles. The number of hydrogen-bond donors (Lipinski definition) is 1. The van der Waals surface area contributed by atoms with E-state index < -0.39 is 0 Å². The van der Waals surface area contributed by atoms with E-state index in [1.165, 1.54) is 6.42 Å². The van der Waals surface area contributed by atoms with Gasteiger partial charge in [-0.05, 0) is 45.1 Å². The smallest absolute Gasteiger partial charge is 0.243 e. The summed E-state index contributed by atoms with van der Waals surface area (Å²) < 4.78 is 0. The van der Waals surface area contributed by atoms with Crippen molar-refractivity contribution >= 4 is 5.91 Å². The number of allylic oxidation sites excluding steroid dienone is 3. The molecule has 0 spiro atoms. The van der Waals surface area contributed by atoms with Gasteiger partial charge in [0.2, 0.25) is 5.91 Å². The Bertz CT molecular complexity index is 207. The summed E-state index contributed by atoms with van der Waals surface area (Å²) in [6.07, 6.45) is 13.6. The first-order valence-corrected chi connectivity index (χ1v) is 5.90. The number of unbranched alkanes of at least 4 members (excludes halogenated alkanes) is 3. The van der Waals surface area contributed by atoms with Gasteiger partial charge in [-0.2, -0.15) is 0 Å². The molecular formula is C13H23NO. The van der Waals surface area contributed by atoms with Crippen molar-refractivity contribution in [3.8, 4) is 0 Å². The molecule has 0 rings (SSSR count). The van der Waals surface area contributed by atoms with E-state index in [1.54, 1.807) is 6.08 Å².